The number of rotatable bonds is 7. The third kappa shape index (κ3) is 4.92. The maximum Gasteiger partial charge on any atom is 0.268 e. The molecule has 1 aromatic rings. The van der Waals surface area contributed by atoms with Gasteiger partial charge in [-0.05, 0) is 38.8 Å². The Morgan fingerprint density at radius 1 is 1.24 bits per heavy atom. The van der Waals surface area contributed by atoms with E-state index in [-0.39, 0.29) is 11.7 Å². The molecule has 1 saturated heterocycles. The summed E-state index contributed by atoms with van der Waals surface area (Å²) in [6.45, 7) is 13.6. The van der Waals surface area contributed by atoms with E-state index in [4.69, 9.17) is 0 Å². The van der Waals surface area contributed by atoms with Gasteiger partial charge in [0.1, 0.15) is 5.69 Å². The lowest BCUT2D eigenvalue weighted by atomic mass is 10.0. The van der Waals surface area contributed by atoms with Gasteiger partial charge >= 0.3 is 0 Å². The van der Waals surface area contributed by atoms with Crippen molar-refractivity contribution in [1.29, 1.82) is 0 Å². The van der Waals surface area contributed by atoms with Crippen LogP contribution < -0.4 is 5.32 Å². The van der Waals surface area contributed by atoms with Crippen LogP contribution in [0.15, 0.2) is 0 Å². The molecule has 0 unspecified atom stereocenters. The van der Waals surface area contributed by atoms with Gasteiger partial charge in [-0.2, -0.15) is 0 Å². The van der Waals surface area contributed by atoms with Crippen molar-refractivity contribution in [2.75, 3.05) is 46.3 Å². The summed E-state index contributed by atoms with van der Waals surface area (Å²) in [4.78, 5) is 32.3. The number of ketones is 1. The van der Waals surface area contributed by atoms with Crippen LogP contribution in [-0.4, -0.2) is 72.8 Å². The van der Waals surface area contributed by atoms with Crippen molar-refractivity contribution in [3.8, 4) is 0 Å². The van der Waals surface area contributed by atoms with Gasteiger partial charge < -0.3 is 20.1 Å². The van der Waals surface area contributed by atoms with E-state index in [9.17, 15) is 9.59 Å². The number of hydrogen-bond donors (Lipinski definition) is 2. The van der Waals surface area contributed by atoms with Crippen LogP contribution in [0.4, 0.5) is 0 Å². The van der Waals surface area contributed by atoms with Gasteiger partial charge in [0, 0.05) is 50.5 Å². The molecule has 2 heterocycles. The molecule has 1 atom stereocenters. The number of Topliss-reactive ketones (excluding diaryl/α,β-unsaturated/α-hetero) is 1. The second-order valence-electron chi connectivity index (χ2n) is 7.31. The molecule has 1 amide bonds. The van der Waals surface area contributed by atoms with Crippen LogP contribution in [0, 0.1) is 12.8 Å². The molecule has 0 aliphatic carbocycles. The molecular weight excluding hydrogens is 316 g/mol. The molecule has 25 heavy (non-hydrogen) atoms. The standard InChI is InChI=1S/C19H32N4O2/c1-6-16-17(15(4)24)14(3)21-18(16)19(25)20-11-13(2)12-23-9-7-22(5)8-10-23/h13,21H,6-12H2,1-5H3,(H,20,25)/t13-/m1/s1. The highest BCUT2D eigenvalue weighted by Gasteiger charge is 2.22. The highest BCUT2D eigenvalue weighted by molar-refractivity contribution is 6.02. The molecule has 1 aliphatic heterocycles. The zero-order valence-electron chi connectivity index (χ0n) is 16.2. The number of aromatic nitrogens is 1. The molecule has 0 aromatic carbocycles. The van der Waals surface area contributed by atoms with Crippen LogP contribution in [-0.2, 0) is 6.42 Å². The van der Waals surface area contributed by atoms with E-state index in [1.165, 1.54) is 0 Å². The average Bonchev–Trinajstić information content (AvgIpc) is 2.91. The van der Waals surface area contributed by atoms with Gasteiger partial charge in [-0.25, -0.2) is 0 Å². The van der Waals surface area contributed by atoms with Crippen molar-refractivity contribution < 1.29 is 9.59 Å². The Balaban J connectivity index is 1.92. The van der Waals surface area contributed by atoms with Gasteiger partial charge in [0.25, 0.3) is 5.91 Å². The van der Waals surface area contributed by atoms with Crippen LogP contribution in [0.5, 0.6) is 0 Å². The summed E-state index contributed by atoms with van der Waals surface area (Å²) >= 11 is 0. The summed E-state index contributed by atoms with van der Waals surface area (Å²) in [6.07, 6.45) is 0.666. The molecule has 1 aliphatic rings. The number of carbonyl (C=O) groups excluding carboxylic acids is 2. The summed E-state index contributed by atoms with van der Waals surface area (Å²) in [6, 6.07) is 0. The number of aryl methyl sites for hydroxylation is 1. The number of nitrogens with one attached hydrogen (secondary N) is 2. The number of aromatic amines is 1. The normalized spacial score (nSPS) is 17.5. The summed E-state index contributed by atoms with van der Waals surface area (Å²) in [5.74, 6) is 0.284. The van der Waals surface area contributed by atoms with Crippen LogP contribution in [0.3, 0.4) is 0 Å². The van der Waals surface area contributed by atoms with Gasteiger partial charge in [0.2, 0.25) is 0 Å². The second kappa shape index (κ2) is 8.63. The highest BCUT2D eigenvalue weighted by Crippen LogP contribution is 2.20. The van der Waals surface area contributed by atoms with Crippen molar-refractivity contribution in [3.63, 3.8) is 0 Å². The molecule has 1 fully saturated rings. The van der Waals surface area contributed by atoms with E-state index in [2.05, 4.69) is 34.1 Å². The first kappa shape index (κ1) is 19.7. The minimum atomic E-state index is -0.113. The van der Waals surface area contributed by atoms with Crippen LogP contribution in [0.25, 0.3) is 0 Å². The van der Waals surface area contributed by atoms with Crippen molar-refractivity contribution in [3.05, 3.63) is 22.5 Å². The number of H-pyrrole nitrogens is 1. The Bertz CT molecular complexity index is 615. The van der Waals surface area contributed by atoms with Gasteiger partial charge in [0.15, 0.2) is 5.78 Å². The van der Waals surface area contributed by atoms with Crippen molar-refractivity contribution in [2.45, 2.75) is 34.1 Å². The number of carbonyl (C=O) groups is 2. The van der Waals surface area contributed by atoms with Crippen LogP contribution in [0.2, 0.25) is 0 Å². The Morgan fingerprint density at radius 3 is 2.44 bits per heavy atom. The van der Waals surface area contributed by atoms with E-state index < -0.39 is 0 Å². The van der Waals surface area contributed by atoms with Gasteiger partial charge in [-0.15, -0.1) is 0 Å². The third-order valence-electron chi connectivity index (χ3n) is 5.00. The van der Waals surface area contributed by atoms with Gasteiger partial charge in [0.05, 0.1) is 0 Å². The Hall–Kier alpha value is -1.66. The first-order chi connectivity index (χ1) is 11.8. The predicted molar refractivity (Wildman–Crippen MR) is 100 cm³/mol. The minimum absolute atomic E-state index is 0.00749. The largest absolute Gasteiger partial charge is 0.354 e. The van der Waals surface area contributed by atoms with E-state index in [1.807, 2.05) is 13.8 Å². The first-order valence-electron chi connectivity index (χ1n) is 9.24. The molecule has 140 valence electrons. The summed E-state index contributed by atoms with van der Waals surface area (Å²) in [7, 11) is 2.15. The number of hydrogen-bond acceptors (Lipinski definition) is 4. The zero-order valence-corrected chi connectivity index (χ0v) is 16.2. The first-order valence-corrected chi connectivity index (χ1v) is 9.24. The number of piperazine rings is 1. The molecule has 2 rings (SSSR count). The SMILES string of the molecule is CCc1c(C(=O)NC[C@@H](C)CN2CCN(C)CC2)[nH]c(C)c1C(C)=O. The molecule has 6 heteroatoms. The number of amides is 1. The average molecular weight is 348 g/mol. The summed E-state index contributed by atoms with van der Waals surface area (Å²) in [5, 5.41) is 3.03. The van der Waals surface area contributed by atoms with E-state index in [0.29, 0.717) is 30.1 Å². The lowest BCUT2D eigenvalue weighted by molar-refractivity contribution is 0.0932. The maximum atomic E-state index is 12.6. The quantitative estimate of drug-likeness (QED) is 0.736. The minimum Gasteiger partial charge on any atom is -0.354 e. The molecular formula is C19H32N4O2. The highest BCUT2D eigenvalue weighted by atomic mass is 16.2. The Labute approximate surface area is 151 Å². The molecule has 1 aromatic heterocycles. The lowest BCUT2D eigenvalue weighted by Gasteiger charge is -2.33. The van der Waals surface area contributed by atoms with E-state index >= 15 is 0 Å². The predicted octanol–water partition coefficient (Wildman–Crippen LogP) is 1.70. The lowest BCUT2D eigenvalue weighted by Crippen LogP contribution is -2.47. The van der Waals surface area contributed by atoms with Gasteiger partial charge in [-0.3, -0.25) is 9.59 Å². The fourth-order valence-electron chi connectivity index (χ4n) is 3.59. The Morgan fingerprint density at radius 2 is 1.88 bits per heavy atom. The molecule has 2 N–H and O–H groups in total. The zero-order chi connectivity index (χ0) is 18.6. The van der Waals surface area contributed by atoms with Crippen LogP contribution in [0.1, 0.15) is 52.9 Å². The van der Waals surface area contributed by atoms with Crippen LogP contribution >= 0.6 is 0 Å². The third-order valence-corrected chi connectivity index (χ3v) is 5.00. The fourth-order valence-corrected chi connectivity index (χ4v) is 3.59. The molecule has 0 saturated carbocycles. The number of nitrogens with zero attached hydrogens (tertiary/aromatic N) is 2. The van der Waals surface area contributed by atoms with Gasteiger partial charge in [-0.1, -0.05) is 13.8 Å². The fraction of sp³-hybridized carbons (Fsp3) is 0.684. The van der Waals surface area contributed by atoms with E-state index in [0.717, 1.165) is 44.0 Å². The number of likely N-dealkylation sites (N-methyl/N-ethyl adjacent to an activating group) is 1. The molecule has 0 spiro atoms. The van der Waals surface area contributed by atoms with Crippen molar-refractivity contribution in [2.24, 2.45) is 5.92 Å². The molecule has 0 radical (unpaired) electrons. The topological polar surface area (TPSA) is 68.4 Å². The molecule has 6 nitrogen and oxygen atoms in total. The summed E-state index contributed by atoms with van der Waals surface area (Å²) < 4.78 is 0. The van der Waals surface area contributed by atoms with Crippen molar-refractivity contribution >= 4 is 11.7 Å². The Kier molecular flexibility index (Phi) is 6.79. The second-order valence-corrected chi connectivity index (χ2v) is 7.31. The summed E-state index contributed by atoms with van der Waals surface area (Å²) in [5.41, 5.74) is 2.81. The smallest absolute Gasteiger partial charge is 0.268 e. The van der Waals surface area contributed by atoms with E-state index in [1.54, 1.807) is 6.92 Å². The van der Waals surface area contributed by atoms with Crippen molar-refractivity contribution in [1.82, 2.24) is 20.1 Å². The molecule has 0 bridgehead atoms. The monoisotopic (exact) mass is 348 g/mol. The maximum absolute atomic E-state index is 12.6.